The molecule has 0 atom stereocenters. The highest BCUT2D eigenvalue weighted by Gasteiger charge is 2.12. The first-order valence-electron chi connectivity index (χ1n) is 8.43. The Morgan fingerprint density at radius 1 is 1.11 bits per heavy atom. The van der Waals surface area contributed by atoms with Crippen LogP contribution in [-0.2, 0) is 0 Å². The summed E-state index contributed by atoms with van der Waals surface area (Å²) in [7, 11) is 0. The van der Waals surface area contributed by atoms with Crippen molar-refractivity contribution in [3.63, 3.8) is 0 Å². The molecule has 0 fully saturated rings. The zero-order valence-electron chi connectivity index (χ0n) is 14.7. The van der Waals surface area contributed by atoms with Crippen molar-refractivity contribution < 1.29 is 0 Å². The van der Waals surface area contributed by atoms with Crippen LogP contribution in [-0.4, -0.2) is 21.2 Å². The number of aryl methyl sites for hydroxylation is 1. The Morgan fingerprint density at radius 3 is 2.74 bits per heavy atom. The lowest BCUT2D eigenvalue weighted by Gasteiger charge is -2.12. The van der Waals surface area contributed by atoms with E-state index in [0.717, 1.165) is 27.8 Å². The molecule has 0 aliphatic rings. The monoisotopic (exact) mass is 357 g/mol. The summed E-state index contributed by atoms with van der Waals surface area (Å²) in [5.41, 5.74) is 17.8. The summed E-state index contributed by atoms with van der Waals surface area (Å²) in [6.45, 7) is 2.05. The predicted octanol–water partition coefficient (Wildman–Crippen LogP) is 3.84. The second kappa shape index (κ2) is 6.45. The zero-order valence-corrected chi connectivity index (χ0v) is 14.7. The van der Waals surface area contributed by atoms with Crippen LogP contribution in [0.5, 0.6) is 0 Å². The molecule has 134 valence electrons. The fourth-order valence-electron chi connectivity index (χ4n) is 3.07. The number of anilines is 4. The first-order chi connectivity index (χ1) is 13.0. The highest BCUT2D eigenvalue weighted by Crippen LogP contribution is 2.34. The first-order valence-corrected chi connectivity index (χ1v) is 8.43. The number of benzene rings is 2. The van der Waals surface area contributed by atoms with Gasteiger partial charge in [-0.25, -0.2) is 4.98 Å². The van der Waals surface area contributed by atoms with E-state index in [-0.39, 0.29) is 5.95 Å². The molecule has 0 bridgehead atoms. The molecule has 2 aromatic heterocycles. The molecule has 7 N–H and O–H groups in total. The lowest BCUT2D eigenvalue weighted by Crippen LogP contribution is -2.02. The number of fused-ring (bicyclic) bond motifs is 1. The number of aromatic amines is 1. The molecule has 0 saturated heterocycles. The summed E-state index contributed by atoms with van der Waals surface area (Å²) in [4.78, 5) is 11.5. The molecule has 0 radical (unpaired) electrons. The summed E-state index contributed by atoms with van der Waals surface area (Å²) in [6.07, 6.45) is 2.82. The summed E-state index contributed by atoms with van der Waals surface area (Å²) < 4.78 is 0. The minimum Gasteiger partial charge on any atom is -0.398 e. The zero-order chi connectivity index (χ0) is 19.0. The van der Waals surface area contributed by atoms with E-state index in [4.69, 9.17) is 16.9 Å². The molecular weight excluding hydrogens is 338 g/mol. The molecular formula is C20H19N7. The van der Waals surface area contributed by atoms with Crippen LogP contribution in [0.3, 0.4) is 0 Å². The molecule has 0 unspecified atom stereocenters. The lowest BCUT2D eigenvalue weighted by atomic mass is 10.0. The van der Waals surface area contributed by atoms with Gasteiger partial charge >= 0.3 is 0 Å². The topological polar surface area (TPSA) is 129 Å². The number of nitrogen functional groups attached to an aromatic ring is 2. The maximum atomic E-state index is 7.70. The Balaban J connectivity index is 1.82. The molecule has 2 aromatic carbocycles. The molecule has 7 nitrogen and oxygen atoms in total. The van der Waals surface area contributed by atoms with Crippen molar-refractivity contribution in [2.75, 3.05) is 16.8 Å². The number of nitrogens with zero attached hydrogens (tertiary/aromatic N) is 2. The minimum absolute atomic E-state index is 0.189. The minimum atomic E-state index is 0.189. The van der Waals surface area contributed by atoms with Gasteiger partial charge in [-0.1, -0.05) is 12.1 Å². The third-order valence-electron chi connectivity index (χ3n) is 4.38. The van der Waals surface area contributed by atoms with Crippen molar-refractivity contribution in [3.8, 4) is 11.3 Å². The quantitative estimate of drug-likeness (QED) is 0.280. The van der Waals surface area contributed by atoms with Gasteiger partial charge in [0.1, 0.15) is 5.82 Å². The van der Waals surface area contributed by atoms with Gasteiger partial charge in [0, 0.05) is 51.5 Å². The smallest absolute Gasteiger partial charge is 0.221 e. The highest BCUT2D eigenvalue weighted by atomic mass is 15.1. The van der Waals surface area contributed by atoms with Crippen molar-refractivity contribution in [2.24, 2.45) is 0 Å². The molecule has 0 amide bonds. The van der Waals surface area contributed by atoms with E-state index in [1.54, 1.807) is 18.3 Å². The van der Waals surface area contributed by atoms with Crippen LogP contribution in [0.1, 0.15) is 11.1 Å². The van der Waals surface area contributed by atoms with Crippen molar-refractivity contribution >= 4 is 40.3 Å². The number of rotatable bonds is 4. The van der Waals surface area contributed by atoms with Gasteiger partial charge in [0.25, 0.3) is 0 Å². The van der Waals surface area contributed by atoms with Crippen LogP contribution in [0.15, 0.2) is 48.7 Å². The van der Waals surface area contributed by atoms with E-state index in [1.807, 2.05) is 6.07 Å². The third-order valence-corrected chi connectivity index (χ3v) is 4.38. The summed E-state index contributed by atoms with van der Waals surface area (Å²) in [5, 5.41) is 12.0. The molecule has 2 heterocycles. The van der Waals surface area contributed by atoms with Crippen molar-refractivity contribution in [3.05, 3.63) is 59.8 Å². The third kappa shape index (κ3) is 3.18. The average Bonchev–Trinajstić information content (AvgIpc) is 3.06. The van der Waals surface area contributed by atoms with Gasteiger partial charge in [0.15, 0.2) is 0 Å². The van der Waals surface area contributed by atoms with Crippen molar-refractivity contribution in [1.29, 1.82) is 5.41 Å². The Hall–Kier alpha value is -3.87. The number of nitrogens with two attached hydrogens (primary N) is 2. The van der Waals surface area contributed by atoms with E-state index < -0.39 is 0 Å². The first kappa shape index (κ1) is 16.6. The Bertz CT molecular complexity index is 1160. The maximum absolute atomic E-state index is 7.70. The molecule has 0 aliphatic heterocycles. The lowest BCUT2D eigenvalue weighted by molar-refractivity contribution is 1.18. The maximum Gasteiger partial charge on any atom is 0.221 e. The SMILES string of the molecule is Cc1ccc2cc(-c3cc(Nc4ccnc(N)n4)cc(C=N)c3N)[nH]c2c1. The number of H-pyrrole nitrogens is 1. The summed E-state index contributed by atoms with van der Waals surface area (Å²) in [5.74, 6) is 0.760. The van der Waals surface area contributed by atoms with E-state index >= 15 is 0 Å². The normalized spacial score (nSPS) is 10.9. The van der Waals surface area contributed by atoms with Crippen LogP contribution in [0.2, 0.25) is 0 Å². The van der Waals surface area contributed by atoms with Crippen LogP contribution >= 0.6 is 0 Å². The van der Waals surface area contributed by atoms with Crippen molar-refractivity contribution in [1.82, 2.24) is 15.0 Å². The van der Waals surface area contributed by atoms with Crippen LogP contribution in [0.4, 0.5) is 23.1 Å². The van der Waals surface area contributed by atoms with Gasteiger partial charge in [0.05, 0.1) is 0 Å². The number of aromatic nitrogens is 3. The van der Waals surface area contributed by atoms with Gasteiger partial charge in [-0.2, -0.15) is 4.98 Å². The standard InChI is InChI=1S/C20H19N7/c1-11-2-3-12-8-17(26-16(12)6-11)15-9-14(7-13(10-21)19(15)22)25-18-4-5-24-20(23)27-18/h2-10,21,26H,22H2,1H3,(H3,23,24,25,27). The molecule has 27 heavy (non-hydrogen) atoms. The Kier molecular flexibility index (Phi) is 3.97. The molecule has 7 heteroatoms. The van der Waals surface area contributed by atoms with Gasteiger partial charge in [-0.15, -0.1) is 0 Å². The molecule has 4 rings (SSSR count). The number of hydrogen-bond acceptors (Lipinski definition) is 6. The second-order valence-electron chi connectivity index (χ2n) is 6.37. The Morgan fingerprint density at radius 2 is 1.96 bits per heavy atom. The Labute approximate surface area is 156 Å². The number of nitrogens with one attached hydrogen (secondary N) is 3. The largest absolute Gasteiger partial charge is 0.398 e. The fourth-order valence-corrected chi connectivity index (χ4v) is 3.07. The summed E-state index contributed by atoms with van der Waals surface area (Å²) in [6, 6.07) is 13.8. The highest BCUT2D eigenvalue weighted by molar-refractivity contribution is 5.97. The van der Waals surface area contributed by atoms with E-state index in [0.29, 0.717) is 17.1 Å². The van der Waals surface area contributed by atoms with Gasteiger partial charge < -0.3 is 27.2 Å². The predicted molar refractivity (Wildman–Crippen MR) is 110 cm³/mol. The van der Waals surface area contributed by atoms with Crippen LogP contribution in [0, 0.1) is 12.3 Å². The molecule has 0 spiro atoms. The van der Waals surface area contributed by atoms with Gasteiger partial charge in [0.2, 0.25) is 5.95 Å². The van der Waals surface area contributed by atoms with E-state index in [9.17, 15) is 0 Å². The van der Waals surface area contributed by atoms with Gasteiger partial charge in [-0.3, -0.25) is 0 Å². The second-order valence-corrected chi connectivity index (χ2v) is 6.37. The average molecular weight is 357 g/mol. The van der Waals surface area contributed by atoms with E-state index in [1.165, 1.54) is 11.8 Å². The molecule has 4 aromatic rings. The number of hydrogen-bond donors (Lipinski definition) is 5. The van der Waals surface area contributed by atoms with E-state index in [2.05, 4.69) is 51.5 Å². The van der Waals surface area contributed by atoms with Crippen molar-refractivity contribution in [2.45, 2.75) is 6.92 Å². The van der Waals surface area contributed by atoms with Crippen LogP contribution in [0.25, 0.3) is 22.2 Å². The molecule has 0 saturated carbocycles. The fraction of sp³-hybridized carbons (Fsp3) is 0.0500. The molecule has 0 aliphatic carbocycles. The summed E-state index contributed by atoms with van der Waals surface area (Å²) >= 11 is 0. The van der Waals surface area contributed by atoms with Gasteiger partial charge in [-0.05, 0) is 42.8 Å². The van der Waals surface area contributed by atoms with Crippen LogP contribution < -0.4 is 16.8 Å².